The van der Waals surface area contributed by atoms with Crippen molar-refractivity contribution in [3.63, 3.8) is 0 Å². The third kappa shape index (κ3) is 3.43. The van der Waals surface area contributed by atoms with Crippen LogP contribution >= 0.6 is 0 Å². The second-order valence-electron chi connectivity index (χ2n) is 8.19. The van der Waals surface area contributed by atoms with Gasteiger partial charge < -0.3 is 9.80 Å². The third-order valence-electron chi connectivity index (χ3n) is 5.90. The van der Waals surface area contributed by atoms with Crippen LogP contribution in [0.4, 0.5) is 27.9 Å². The predicted octanol–water partition coefficient (Wildman–Crippen LogP) is 3.54. The summed E-state index contributed by atoms with van der Waals surface area (Å²) in [4.78, 5) is 33.1. The van der Waals surface area contributed by atoms with E-state index in [0.717, 1.165) is 47.8 Å². The molecule has 0 aromatic carbocycles. The molecule has 2 bridgehead atoms. The topological polar surface area (TPSA) is 77.5 Å². The van der Waals surface area contributed by atoms with Crippen LogP contribution in [0.5, 0.6) is 0 Å². The van der Waals surface area contributed by atoms with Crippen LogP contribution in [0.15, 0.2) is 48.8 Å². The van der Waals surface area contributed by atoms with Gasteiger partial charge in [0.15, 0.2) is 5.82 Å². The van der Waals surface area contributed by atoms with Crippen LogP contribution in [-0.2, 0) is 0 Å². The molecule has 3 aromatic heterocycles. The molecule has 0 unspecified atom stereocenters. The molecule has 0 spiro atoms. The first kappa shape index (κ1) is 19.3. The van der Waals surface area contributed by atoms with Crippen molar-refractivity contribution in [1.82, 2.24) is 15.0 Å². The summed E-state index contributed by atoms with van der Waals surface area (Å²) >= 11 is 0. The van der Waals surface area contributed by atoms with Crippen LogP contribution in [0, 0.1) is 6.92 Å². The summed E-state index contributed by atoms with van der Waals surface area (Å²) in [5.41, 5.74) is 3.86. The Kier molecular flexibility index (Phi) is 4.69. The van der Waals surface area contributed by atoms with Gasteiger partial charge >= 0.3 is 6.03 Å². The van der Waals surface area contributed by atoms with Crippen LogP contribution < -0.4 is 20.0 Å². The number of urea groups is 1. The van der Waals surface area contributed by atoms with Crippen LogP contribution in [-0.4, -0.2) is 54.2 Å². The van der Waals surface area contributed by atoms with Crippen molar-refractivity contribution in [2.45, 2.75) is 19.4 Å². The summed E-state index contributed by atoms with van der Waals surface area (Å²) in [6.07, 6.45) is 4.44. The number of amides is 2. The number of aromatic nitrogens is 3. The molecule has 5 heterocycles. The molecule has 3 aromatic rings. The second kappa shape index (κ2) is 7.54. The molecule has 0 aliphatic carbocycles. The molecule has 1 saturated heterocycles. The van der Waals surface area contributed by atoms with Crippen LogP contribution in [0.25, 0.3) is 11.3 Å². The number of fused-ring (bicyclic) bond motifs is 4. The lowest BCUT2D eigenvalue weighted by atomic mass is 10.1. The highest BCUT2D eigenvalue weighted by Gasteiger charge is 2.40. The number of anilines is 4. The number of rotatable bonds is 3. The SMILES string of the molecule is Cc1cc(N(C)C)ncc1-c1ccc2c(n1)N(C(=O)Nc1ccccn1)[C@H]1CCN2C1. The highest BCUT2D eigenvalue weighted by Crippen LogP contribution is 2.40. The van der Waals surface area contributed by atoms with Gasteiger partial charge in [-0.05, 0) is 49.2 Å². The van der Waals surface area contributed by atoms with Gasteiger partial charge in [-0.3, -0.25) is 10.2 Å². The molecular weight excluding hydrogens is 390 g/mol. The van der Waals surface area contributed by atoms with Gasteiger partial charge in [0.05, 0.1) is 17.4 Å². The Bertz CT molecular complexity index is 1130. The Balaban J connectivity index is 1.53. The number of nitrogens with zero attached hydrogens (tertiary/aromatic N) is 6. The quantitative estimate of drug-likeness (QED) is 0.705. The molecular formula is C23H25N7O. The number of carbonyl (C=O) groups excluding carboxylic acids is 1. The monoisotopic (exact) mass is 415 g/mol. The Morgan fingerprint density at radius 2 is 2.06 bits per heavy atom. The average molecular weight is 416 g/mol. The fourth-order valence-electron chi connectivity index (χ4n) is 4.28. The van der Waals surface area contributed by atoms with E-state index in [1.807, 2.05) is 43.4 Å². The molecule has 2 aliphatic rings. The second-order valence-corrected chi connectivity index (χ2v) is 8.19. The molecule has 158 valence electrons. The Morgan fingerprint density at radius 1 is 1.19 bits per heavy atom. The molecule has 1 fully saturated rings. The van der Waals surface area contributed by atoms with Crippen molar-refractivity contribution in [3.05, 3.63) is 54.4 Å². The van der Waals surface area contributed by atoms with Crippen molar-refractivity contribution < 1.29 is 4.79 Å². The van der Waals surface area contributed by atoms with E-state index in [2.05, 4.69) is 39.2 Å². The zero-order chi connectivity index (χ0) is 21.5. The van der Waals surface area contributed by atoms with Crippen LogP contribution in [0.3, 0.4) is 0 Å². The van der Waals surface area contributed by atoms with E-state index < -0.39 is 0 Å². The zero-order valence-corrected chi connectivity index (χ0v) is 17.9. The molecule has 2 aliphatic heterocycles. The predicted molar refractivity (Wildman–Crippen MR) is 123 cm³/mol. The lowest BCUT2D eigenvalue weighted by molar-refractivity contribution is 0.254. The van der Waals surface area contributed by atoms with Gasteiger partial charge in [-0.1, -0.05) is 6.07 Å². The summed E-state index contributed by atoms with van der Waals surface area (Å²) in [5.74, 6) is 2.13. The number of aryl methyl sites for hydroxylation is 1. The maximum atomic E-state index is 13.3. The Hall–Kier alpha value is -3.68. The molecule has 8 nitrogen and oxygen atoms in total. The molecule has 31 heavy (non-hydrogen) atoms. The Morgan fingerprint density at radius 3 is 2.81 bits per heavy atom. The van der Waals surface area contributed by atoms with Gasteiger partial charge in [0, 0.05) is 45.1 Å². The minimum Gasteiger partial charge on any atom is -0.366 e. The fraction of sp³-hybridized carbons (Fsp3) is 0.304. The van der Waals surface area contributed by atoms with E-state index >= 15 is 0 Å². The van der Waals surface area contributed by atoms with Gasteiger partial charge in [-0.2, -0.15) is 0 Å². The number of hydrogen-bond acceptors (Lipinski definition) is 6. The molecule has 1 atom stereocenters. The smallest absolute Gasteiger partial charge is 0.329 e. The molecule has 8 heteroatoms. The number of pyridine rings is 3. The minimum atomic E-state index is -0.200. The van der Waals surface area contributed by atoms with Crippen molar-refractivity contribution in [3.8, 4) is 11.3 Å². The highest BCUT2D eigenvalue weighted by molar-refractivity contribution is 6.04. The van der Waals surface area contributed by atoms with E-state index in [9.17, 15) is 4.79 Å². The van der Waals surface area contributed by atoms with Gasteiger partial charge in [0.1, 0.15) is 11.6 Å². The first-order chi connectivity index (χ1) is 15.0. The van der Waals surface area contributed by atoms with E-state index in [1.165, 1.54) is 0 Å². The fourth-order valence-corrected chi connectivity index (χ4v) is 4.28. The number of hydrogen-bond donors (Lipinski definition) is 1. The summed E-state index contributed by atoms with van der Waals surface area (Å²) in [6.45, 7) is 3.80. The average Bonchev–Trinajstić information content (AvgIpc) is 3.18. The molecule has 2 amide bonds. The van der Waals surface area contributed by atoms with Crippen LogP contribution in [0.2, 0.25) is 0 Å². The van der Waals surface area contributed by atoms with Crippen LogP contribution in [0.1, 0.15) is 12.0 Å². The first-order valence-corrected chi connectivity index (χ1v) is 10.4. The standard InChI is InChI=1S/C23H25N7O/c1-15-12-21(28(2)3)25-13-17(15)18-7-8-19-22(26-18)30(16-9-11-29(19)14-16)23(31)27-20-6-4-5-10-24-20/h4-8,10,12-13,16H,9,11,14H2,1-3H3,(H,24,27,31)/t16-/m0/s1. The molecule has 1 N–H and O–H groups in total. The van der Waals surface area contributed by atoms with E-state index in [0.29, 0.717) is 11.6 Å². The zero-order valence-electron chi connectivity index (χ0n) is 17.9. The van der Waals surface area contributed by atoms with E-state index in [-0.39, 0.29) is 12.1 Å². The highest BCUT2D eigenvalue weighted by atomic mass is 16.2. The van der Waals surface area contributed by atoms with Gasteiger partial charge in [-0.25, -0.2) is 19.7 Å². The summed E-state index contributed by atoms with van der Waals surface area (Å²) in [5, 5.41) is 2.93. The molecule has 0 saturated carbocycles. The molecule has 0 radical (unpaired) electrons. The Labute approximate surface area is 181 Å². The normalized spacial score (nSPS) is 16.8. The minimum absolute atomic E-state index is 0.0919. The summed E-state index contributed by atoms with van der Waals surface area (Å²) in [7, 11) is 3.95. The lowest BCUT2D eigenvalue weighted by Crippen LogP contribution is -2.48. The van der Waals surface area contributed by atoms with E-state index in [4.69, 9.17) is 4.98 Å². The molecule has 5 rings (SSSR count). The lowest BCUT2D eigenvalue weighted by Gasteiger charge is -2.35. The number of carbonyl (C=O) groups is 1. The number of nitrogens with one attached hydrogen (secondary N) is 1. The largest absolute Gasteiger partial charge is 0.366 e. The van der Waals surface area contributed by atoms with Crippen molar-refractivity contribution >= 4 is 29.2 Å². The third-order valence-corrected chi connectivity index (χ3v) is 5.90. The first-order valence-electron chi connectivity index (χ1n) is 10.4. The van der Waals surface area contributed by atoms with Gasteiger partial charge in [-0.15, -0.1) is 0 Å². The van der Waals surface area contributed by atoms with Crippen molar-refractivity contribution in [2.24, 2.45) is 0 Å². The summed E-state index contributed by atoms with van der Waals surface area (Å²) < 4.78 is 0. The van der Waals surface area contributed by atoms with E-state index in [1.54, 1.807) is 17.2 Å². The maximum Gasteiger partial charge on any atom is 0.329 e. The maximum absolute atomic E-state index is 13.3. The van der Waals surface area contributed by atoms with Crippen molar-refractivity contribution in [2.75, 3.05) is 47.2 Å². The van der Waals surface area contributed by atoms with Gasteiger partial charge in [0.2, 0.25) is 0 Å². The van der Waals surface area contributed by atoms with Crippen molar-refractivity contribution in [1.29, 1.82) is 0 Å². The van der Waals surface area contributed by atoms with Gasteiger partial charge in [0.25, 0.3) is 0 Å². The summed E-state index contributed by atoms with van der Waals surface area (Å²) in [6, 6.07) is 11.5.